The number of hydrogen-bond acceptors (Lipinski definition) is 7. The van der Waals surface area contributed by atoms with Gasteiger partial charge in [-0.25, -0.2) is 0 Å². The number of nitrogens with one attached hydrogen (secondary N) is 2. The summed E-state index contributed by atoms with van der Waals surface area (Å²) in [5, 5.41) is 6.88. The molecule has 1 aliphatic carbocycles. The average molecular weight is 410 g/mol. The van der Waals surface area contributed by atoms with Gasteiger partial charge in [0.05, 0.1) is 22.5 Å². The highest BCUT2D eigenvalue weighted by molar-refractivity contribution is 6.30. The van der Waals surface area contributed by atoms with Crippen molar-refractivity contribution in [2.75, 3.05) is 65.0 Å². The third-order valence-corrected chi connectivity index (χ3v) is 5.17. The first-order valence-electron chi connectivity index (χ1n) is 10.4. The van der Waals surface area contributed by atoms with E-state index in [1.54, 1.807) is 18.3 Å². The zero-order valence-corrected chi connectivity index (χ0v) is 18.3. The maximum Gasteiger partial charge on any atom is 0.198 e. The first-order valence-corrected chi connectivity index (χ1v) is 10.4. The molecule has 1 aliphatic rings. The molecule has 1 aromatic heterocycles. The summed E-state index contributed by atoms with van der Waals surface area (Å²) < 4.78 is 0. The van der Waals surface area contributed by atoms with Crippen molar-refractivity contribution >= 4 is 22.9 Å². The fourth-order valence-electron chi connectivity index (χ4n) is 3.64. The van der Waals surface area contributed by atoms with Crippen molar-refractivity contribution in [3.05, 3.63) is 52.8 Å². The molecule has 7 heteroatoms. The molecule has 1 aromatic carbocycles. The van der Waals surface area contributed by atoms with Gasteiger partial charge in [-0.05, 0) is 72.3 Å². The van der Waals surface area contributed by atoms with Crippen LogP contribution in [0.25, 0.3) is 0 Å². The van der Waals surface area contributed by atoms with Gasteiger partial charge in [-0.3, -0.25) is 14.6 Å². The molecule has 0 atom stereocenters. The normalized spacial score (nSPS) is 12.9. The third kappa shape index (κ3) is 4.86. The molecule has 3 rings (SSSR count). The minimum absolute atomic E-state index is 0.127. The highest BCUT2D eigenvalue weighted by atomic mass is 16.1. The molecule has 0 fully saturated rings. The van der Waals surface area contributed by atoms with Crippen LogP contribution in [-0.2, 0) is 0 Å². The number of aromatic nitrogens is 1. The van der Waals surface area contributed by atoms with Crippen LogP contribution in [0.5, 0.6) is 0 Å². The van der Waals surface area contributed by atoms with Crippen molar-refractivity contribution in [3.63, 3.8) is 0 Å². The van der Waals surface area contributed by atoms with Crippen LogP contribution < -0.4 is 10.6 Å². The first-order chi connectivity index (χ1) is 14.4. The molecule has 0 amide bonds. The van der Waals surface area contributed by atoms with Crippen LogP contribution in [0.2, 0.25) is 0 Å². The molecule has 2 aromatic rings. The lowest BCUT2D eigenvalue weighted by atomic mass is 9.83. The van der Waals surface area contributed by atoms with Crippen molar-refractivity contribution in [1.82, 2.24) is 14.8 Å². The summed E-state index contributed by atoms with van der Waals surface area (Å²) in [6.07, 6.45) is 4.95. The lowest BCUT2D eigenvalue weighted by Crippen LogP contribution is -2.24. The van der Waals surface area contributed by atoms with E-state index < -0.39 is 0 Å². The van der Waals surface area contributed by atoms with Gasteiger partial charge >= 0.3 is 0 Å². The first kappa shape index (κ1) is 21.9. The molecule has 30 heavy (non-hydrogen) atoms. The summed E-state index contributed by atoms with van der Waals surface area (Å²) in [6, 6.07) is 5.29. The lowest BCUT2D eigenvalue weighted by Gasteiger charge is -2.24. The number of anilines is 2. The molecule has 7 nitrogen and oxygen atoms in total. The van der Waals surface area contributed by atoms with Gasteiger partial charge in [-0.2, -0.15) is 0 Å². The van der Waals surface area contributed by atoms with Crippen molar-refractivity contribution in [2.24, 2.45) is 0 Å². The van der Waals surface area contributed by atoms with Crippen molar-refractivity contribution in [3.8, 4) is 0 Å². The van der Waals surface area contributed by atoms with Crippen LogP contribution in [0.1, 0.15) is 44.7 Å². The summed E-state index contributed by atoms with van der Waals surface area (Å²) in [5.74, 6) is -0.280. The predicted molar refractivity (Wildman–Crippen MR) is 121 cm³/mol. The Balaban J connectivity index is 1.92. The quantitative estimate of drug-likeness (QED) is 0.498. The number of rotatable bonds is 10. The van der Waals surface area contributed by atoms with E-state index in [-0.39, 0.29) is 11.6 Å². The van der Waals surface area contributed by atoms with Gasteiger partial charge in [0, 0.05) is 36.6 Å². The molecule has 0 aliphatic heterocycles. The van der Waals surface area contributed by atoms with Crippen molar-refractivity contribution in [1.29, 1.82) is 0 Å². The molecular formula is C23H31N5O2. The monoisotopic (exact) mass is 409 g/mol. The number of benzene rings is 1. The number of pyridine rings is 1. The second-order valence-corrected chi connectivity index (χ2v) is 8.16. The SMILES string of the molecule is CN(C)CCCNc1ccc2c(c1NCCCN(C)C)C(=O)c1cnccc1C2=O. The van der Waals surface area contributed by atoms with Gasteiger partial charge in [0.2, 0.25) is 0 Å². The molecule has 0 radical (unpaired) electrons. The number of nitrogens with zero attached hydrogens (tertiary/aromatic N) is 3. The zero-order chi connectivity index (χ0) is 21.7. The Morgan fingerprint density at radius 3 is 2.13 bits per heavy atom. The highest BCUT2D eigenvalue weighted by Gasteiger charge is 2.33. The van der Waals surface area contributed by atoms with E-state index in [0.717, 1.165) is 38.2 Å². The topological polar surface area (TPSA) is 77.6 Å². The van der Waals surface area contributed by atoms with Crippen LogP contribution in [0.15, 0.2) is 30.6 Å². The number of ketones is 2. The molecule has 0 unspecified atom stereocenters. The minimum Gasteiger partial charge on any atom is -0.383 e. The van der Waals surface area contributed by atoms with Crippen LogP contribution in [0.4, 0.5) is 11.4 Å². The number of carbonyl (C=O) groups excluding carboxylic acids is 2. The Hall–Kier alpha value is -2.77. The summed E-state index contributed by atoms with van der Waals surface area (Å²) in [7, 11) is 8.17. The van der Waals surface area contributed by atoms with E-state index in [0.29, 0.717) is 34.5 Å². The molecule has 0 spiro atoms. The third-order valence-electron chi connectivity index (χ3n) is 5.17. The molecular weight excluding hydrogens is 378 g/mol. The summed E-state index contributed by atoms with van der Waals surface area (Å²) >= 11 is 0. The minimum atomic E-state index is -0.153. The molecule has 0 bridgehead atoms. The maximum absolute atomic E-state index is 13.3. The number of hydrogen-bond donors (Lipinski definition) is 2. The lowest BCUT2D eigenvalue weighted by molar-refractivity contribution is 0.0979. The molecule has 0 saturated carbocycles. The van der Waals surface area contributed by atoms with Crippen molar-refractivity contribution in [2.45, 2.75) is 12.8 Å². The Kier molecular flexibility index (Phi) is 7.18. The Bertz CT molecular complexity index is 924. The molecule has 160 valence electrons. The molecule has 0 saturated heterocycles. The standard InChI is InChI=1S/C23H31N5O2/c1-27(2)13-5-10-25-19-8-7-17-20(21(19)26-11-6-14-28(3)4)23(30)18-15-24-12-9-16(18)22(17)29/h7-9,12,15,25-26H,5-6,10-11,13-14H2,1-4H3. The van der Waals surface area contributed by atoms with E-state index in [1.165, 1.54) is 6.20 Å². The largest absolute Gasteiger partial charge is 0.383 e. The summed E-state index contributed by atoms with van der Waals surface area (Å²) in [4.78, 5) is 34.7. The Morgan fingerprint density at radius 1 is 0.800 bits per heavy atom. The molecule has 2 N–H and O–H groups in total. The second kappa shape index (κ2) is 9.82. The predicted octanol–water partition coefficient (Wildman–Crippen LogP) is 2.58. The number of carbonyl (C=O) groups is 2. The van der Waals surface area contributed by atoms with Gasteiger partial charge in [-0.1, -0.05) is 0 Å². The van der Waals surface area contributed by atoms with Crippen molar-refractivity contribution < 1.29 is 9.59 Å². The average Bonchev–Trinajstić information content (AvgIpc) is 2.72. The zero-order valence-electron chi connectivity index (χ0n) is 18.3. The van der Waals surface area contributed by atoms with E-state index in [2.05, 4.69) is 25.4 Å². The van der Waals surface area contributed by atoms with Crippen LogP contribution >= 0.6 is 0 Å². The summed E-state index contributed by atoms with van der Waals surface area (Å²) in [6.45, 7) is 3.40. The molecule has 1 heterocycles. The van der Waals surface area contributed by atoms with Crippen LogP contribution in [0, 0.1) is 0 Å². The van der Waals surface area contributed by atoms with Gasteiger partial charge in [0.1, 0.15) is 0 Å². The Labute approximate surface area is 178 Å². The second-order valence-electron chi connectivity index (χ2n) is 8.16. The van der Waals surface area contributed by atoms with Gasteiger partial charge in [0.15, 0.2) is 11.6 Å². The fourth-order valence-corrected chi connectivity index (χ4v) is 3.64. The van der Waals surface area contributed by atoms with E-state index in [9.17, 15) is 9.59 Å². The smallest absolute Gasteiger partial charge is 0.198 e. The maximum atomic E-state index is 13.3. The van der Waals surface area contributed by atoms with Crippen LogP contribution in [0.3, 0.4) is 0 Å². The Morgan fingerprint density at radius 2 is 1.47 bits per heavy atom. The highest BCUT2D eigenvalue weighted by Crippen LogP contribution is 2.36. The van der Waals surface area contributed by atoms with Gasteiger partial charge in [0.25, 0.3) is 0 Å². The van der Waals surface area contributed by atoms with Gasteiger partial charge in [-0.15, -0.1) is 0 Å². The van der Waals surface area contributed by atoms with E-state index >= 15 is 0 Å². The van der Waals surface area contributed by atoms with Crippen LogP contribution in [-0.4, -0.2) is 80.7 Å². The number of fused-ring (bicyclic) bond motifs is 2. The van der Waals surface area contributed by atoms with E-state index in [1.807, 2.05) is 34.3 Å². The summed E-state index contributed by atoms with van der Waals surface area (Å²) in [5.41, 5.74) is 3.26. The van der Waals surface area contributed by atoms with E-state index in [4.69, 9.17) is 0 Å². The van der Waals surface area contributed by atoms with Gasteiger partial charge < -0.3 is 20.4 Å². The fraction of sp³-hybridized carbons (Fsp3) is 0.435.